The molecule has 13 nitrogen and oxygen atoms in total. The third-order valence-electron chi connectivity index (χ3n) is 4.73. The van der Waals surface area contributed by atoms with Crippen LogP contribution >= 0.6 is 0 Å². The number of hydrogen-bond acceptors (Lipinski definition) is 10. The number of anilines is 2. The predicted molar refractivity (Wildman–Crippen MR) is 121 cm³/mol. The molecule has 0 spiro atoms. The van der Waals surface area contributed by atoms with Crippen LogP contribution < -0.4 is 25.8 Å². The van der Waals surface area contributed by atoms with Gasteiger partial charge in [0, 0.05) is 43.3 Å². The van der Waals surface area contributed by atoms with Gasteiger partial charge in [0.05, 0.1) is 34.7 Å². The number of hydrogen-bond donors (Lipinski definition) is 3. The van der Waals surface area contributed by atoms with Gasteiger partial charge >= 0.3 is 0 Å². The summed E-state index contributed by atoms with van der Waals surface area (Å²) >= 11 is 0. The number of carbonyl (C=O) groups is 1. The van der Waals surface area contributed by atoms with E-state index in [1.54, 1.807) is 12.2 Å². The number of rotatable bonds is 3. The van der Waals surface area contributed by atoms with Gasteiger partial charge in [0.2, 0.25) is 5.91 Å². The van der Waals surface area contributed by atoms with E-state index in [0.29, 0.717) is 0 Å². The van der Waals surface area contributed by atoms with E-state index in [2.05, 4.69) is 10.6 Å². The Balaban J connectivity index is 1.93. The van der Waals surface area contributed by atoms with Gasteiger partial charge < -0.3 is 25.8 Å². The average molecular weight is 468 g/mol. The molecule has 0 saturated carbocycles. The number of carbonyl (C=O) groups excluding carboxylic acids is 1. The fourth-order valence-electron chi connectivity index (χ4n) is 3.19. The van der Waals surface area contributed by atoms with Crippen molar-refractivity contribution in [3.05, 3.63) is 67.8 Å². The summed E-state index contributed by atoms with van der Waals surface area (Å²) < 4.78 is 11.4. The summed E-state index contributed by atoms with van der Waals surface area (Å²) in [4.78, 5) is 33.4. The zero-order valence-electron chi connectivity index (χ0n) is 17.8. The van der Waals surface area contributed by atoms with Crippen molar-refractivity contribution in [3.63, 3.8) is 0 Å². The Morgan fingerprint density at radius 2 is 1.47 bits per heavy atom. The molecule has 0 unspecified atom stereocenters. The Morgan fingerprint density at radius 3 is 1.97 bits per heavy atom. The highest BCUT2D eigenvalue weighted by molar-refractivity contribution is 5.95. The van der Waals surface area contributed by atoms with Gasteiger partial charge in [-0.1, -0.05) is 12.2 Å². The number of benzene rings is 2. The van der Waals surface area contributed by atoms with Crippen LogP contribution in [-0.4, -0.2) is 42.1 Å². The number of nitrogens with two attached hydrogens (primary N) is 1. The number of nitro benzene ring substituents is 2. The molecule has 1 aliphatic heterocycles. The maximum absolute atomic E-state index is 11.6. The summed E-state index contributed by atoms with van der Waals surface area (Å²) in [7, 11) is 0. The lowest BCUT2D eigenvalue weighted by Gasteiger charge is -2.15. The minimum atomic E-state index is -0.841. The molecule has 0 radical (unpaired) electrons. The summed E-state index contributed by atoms with van der Waals surface area (Å²) in [6, 6.07) is 6.82. The molecule has 0 fully saturated rings. The van der Waals surface area contributed by atoms with E-state index in [-0.39, 0.29) is 78.1 Å². The van der Waals surface area contributed by atoms with Crippen molar-refractivity contribution in [2.45, 2.75) is 6.42 Å². The summed E-state index contributed by atoms with van der Waals surface area (Å²) in [5.41, 5.74) is 4.83. The molecule has 0 aliphatic carbocycles. The molecule has 1 amide bonds. The molecule has 1 heterocycles. The number of nitriles is 1. The van der Waals surface area contributed by atoms with Crippen molar-refractivity contribution in [2.75, 3.05) is 36.9 Å². The van der Waals surface area contributed by atoms with Crippen LogP contribution in [0.5, 0.6) is 11.5 Å². The number of nitrogens with zero attached hydrogens (tertiary/aromatic N) is 3. The van der Waals surface area contributed by atoms with Gasteiger partial charge in [-0.05, 0) is 6.07 Å². The Labute approximate surface area is 193 Å². The van der Waals surface area contributed by atoms with Crippen LogP contribution in [0.1, 0.15) is 22.3 Å². The zero-order chi connectivity index (χ0) is 24.7. The quantitative estimate of drug-likeness (QED) is 0.342. The van der Waals surface area contributed by atoms with E-state index >= 15 is 0 Å². The van der Waals surface area contributed by atoms with Crippen LogP contribution in [0.4, 0.5) is 22.7 Å². The molecular formula is C21H20N6O7. The van der Waals surface area contributed by atoms with E-state index in [4.69, 9.17) is 15.2 Å². The first-order valence-electron chi connectivity index (χ1n) is 10.0. The predicted octanol–water partition coefficient (Wildman–Crippen LogP) is 2.72. The Hall–Kier alpha value is -4.86. The fourth-order valence-corrected chi connectivity index (χ4v) is 3.19. The highest BCUT2D eigenvalue weighted by Gasteiger charge is 2.23. The molecule has 2 aromatic rings. The fraction of sp³-hybridized carbons (Fsp3) is 0.238. The standard InChI is InChI=1S/C21H20N6O7/c22-12-13-8-15(26(29)30)19-17(9-13)33-6-3-7-34-18-11-14(21(23)28)10-16(27(31)32)20(18)25-5-2-1-4-24-19/h1-2,8-11,24-25H,3-7H2,(H2,23,28)/b2-1+. The van der Waals surface area contributed by atoms with Gasteiger partial charge in [0.15, 0.2) is 17.1 Å². The van der Waals surface area contributed by atoms with Crippen LogP contribution in [0.15, 0.2) is 36.4 Å². The molecule has 176 valence electrons. The van der Waals surface area contributed by atoms with Crippen LogP contribution in [0.2, 0.25) is 0 Å². The molecule has 0 bridgehead atoms. The third-order valence-corrected chi connectivity index (χ3v) is 4.73. The maximum Gasteiger partial charge on any atom is 0.297 e. The first-order valence-corrected chi connectivity index (χ1v) is 10.0. The first kappa shape index (κ1) is 23.8. The number of amides is 1. The summed E-state index contributed by atoms with van der Waals surface area (Å²) in [6.45, 7) is 0.452. The number of primary amides is 1. The summed E-state index contributed by atoms with van der Waals surface area (Å²) in [6.07, 6.45) is 3.59. The molecule has 0 atom stereocenters. The Morgan fingerprint density at radius 1 is 0.941 bits per heavy atom. The van der Waals surface area contributed by atoms with Crippen LogP contribution in [-0.2, 0) is 0 Å². The molecule has 4 N–H and O–H groups in total. The molecule has 0 aromatic heterocycles. The molecule has 2 aromatic carbocycles. The van der Waals surface area contributed by atoms with Crippen molar-refractivity contribution in [2.24, 2.45) is 5.73 Å². The van der Waals surface area contributed by atoms with Crippen LogP contribution in [0, 0.1) is 31.6 Å². The second-order valence-corrected chi connectivity index (χ2v) is 7.01. The SMILES string of the molecule is N#Cc1cc2c(c([N+](=O)[O-])c1)NC/C=C/CNc1c(cc(C(N)=O)cc1[N+](=O)[O-])OCCCO2. The minimum absolute atomic E-state index is 0.0483. The van der Waals surface area contributed by atoms with E-state index < -0.39 is 15.8 Å². The first-order chi connectivity index (χ1) is 16.3. The highest BCUT2D eigenvalue weighted by Crippen LogP contribution is 2.37. The molecule has 3 rings (SSSR count). The van der Waals surface area contributed by atoms with E-state index in [0.717, 1.165) is 12.1 Å². The van der Waals surface area contributed by atoms with Gasteiger partial charge in [0.1, 0.15) is 5.75 Å². The van der Waals surface area contributed by atoms with Crippen LogP contribution in [0.25, 0.3) is 0 Å². The number of nitrogens with one attached hydrogen (secondary N) is 2. The van der Waals surface area contributed by atoms with E-state index in [1.807, 2.05) is 6.07 Å². The molecule has 13 heteroatoms. The lowest BCUT2D eigenvalue weighted by molar-refractivity contribution is -0.384. The van der Waals surface area contributed by atoms with E-state index in [9.17, 15) is 30.3 Å². The van der Waals surface area contributed by atoms with Gasteiger partial charge in [-0.2, -0.15) is 5.26 Å². The van der Waals surface area contributed by atoms with Crippen molar-refractivity contribution in [1.82, 2.24) is 0 Å². The van der Waals surface area contributed by atoms with Gasteiger partial charge in [-0.3, -0.25) is 25.0 Å². The Kier molecular flexibility index (Phi) is 7.45. The summed E-state index contributed by atoms with van der Waals surface area (Å²) in [5, 5.41) is 38.1. The monoisotopic (exact) mass is 468 g/mol. The smallest absolute Gasteiger partial charge is 0.297 e. The lowest BCUT2D eigenvalue weighted by Crippen LogP contribution is -2.14. The number of nitro groups is 2. The summed E-state index contributed by atoms with van der Waals surface area (Å²) in [5.74, 6) is -0.627. The Bertz CT molecular complexity index is 1210. The maximum atomic E-state index is 11.6. The lowest BCUT2D eigenvalue weighted by atomic mass is 10.1. The highest BCUT2D eigenvalue weighted by atomic mass is 16.6. The average Bonchev–Trinajstić information content (AvgIpc) is 2.81. The van der Waals surface area contributed by atoms with Crippen molar-refractivity contribution < 1.29 is 24.1 Å². The molecule has 0 saturated heterocycles. The van der Waals surface area contributed by atoms with E-state index in [1.165, 1.54) is 12.1 Å². The molecule has 1 aliphatic rings. The topological polar surface area (TPSA) is 196 Å². The molecular weight excluding hydrogens is 448 g/mol. The van der Waals surface area contributed by atoms with Crippen LogP contribution in [0.3, 0.4) is 0 Å². The van der Waals surface area contributed by atoms with Gasteiger partial charge in [-0.25, -0.2) is 0 Å². The van der Waals surface area contributed by atoms with Crippen molar-refractivity contribution >= 4 is 28.7 Å². The van der Waals surface area contributed by atoms with Gasteiger partial charge in [0.25, 0.3) is 11.4 Å². The van der Waals surface area contributed by atoms with Crippen molar-refractivity contribution in [1.29, 1.82) is 5.26 Å². The second kappa shape index (κ2) is 10.6. The zero-order valence-corrected chi connectivity index (χ0v) is 17.8. The normalized spacial score (nSPS) is 14.6. The third kappa shape index (κ3) is 5.49. The minimum Gasteiger partial charge on any atom is -0.491 e. The second-order valence-electron chi connectivity index (χ2n) is 7.01. The number of ether oxygens (including phenoxy) is 2. The van der Waals surface area contributed by atoms with Gasteiger partial charge in [-0.15, -0.1) is 0 Å². The number of fused-ring (bicyclic) bond motifs is 2. The van der Waals surface area contributed by atoms with Crippen molar-refractivity contribution in [3.8, 4) is 17.6 Å². The largest absolute Gasteiger partial charge is 0.491 e. The molecule has 34 heavy (non-hydrogen) atoms.